The van der Waals surface area contributed by atoms with Gasteiger partial charge < -0.3 is 36.3 Å². The van der Waals surface area contributed by atoms with Gasteiger partial charge in [-0.3, -0.25) is 19.0 Å². The monoisotopic (exact) mass is 795 g/mol. The zero-order valence-electron chi connectivity index (χ0n) is 26.2. The van der Waals surface area contributed by atoms with Crippen LogP contribution in [0.3, 0.4) is 0 Å². The van der Waals surface area contributed by atoms with Crippen molar-refractivity contribution in [3.63, 3.8) is 0 Å². The van der Waals surface area contributed by atoms with E-state index in [9.17, 15) is 47.5 Å². The Morgan fingerprint density at radius 3 is 2.62 bits per heavy atom. The molecule has 0 unspecified atom stereocenters. The number of aliphatic carboxylic acids is 1. The fourth-order valence-corrected chi connectivity index (χ4v) is 8.62. The number of carboxylic acid groups (broad SMARTS) is 2. The molecule has 274 valence electrons. The summed E-state index contributed by atoms with van der Waals surface area (Å²) in [5.41, 5.74) is 7.73. The van der Waals surface area contributed by atoms with Gasteiger partial charge in [0.05, 0.1) is 11.2 Å². The molecule has 4 aliphatic heterocycles. The minimum atomic E-state index is -4.65. The number of allylic oxidation sites excluding steroid dienone is 1. The number of aromatic carboxylic acids is 1. The zero-order chi connectivity index (χ0) is 37.6. The first-order valence-corrected chi connectivity index (χ1v) is 18.7. The van der Waals surface area contributed by atoms with Gasteiger partial charge in [0.1, 0.15) is 35.0 Å². The first kappa shape index (κ1) is 36.5. The van der Waals surface area contributed by atoms with Crippen LogP contribution < -0.4 is 16.6 Å². The fraction of sp³-hybridized carbons (Fsp3) is 0.222. The maximum Gasteiger partial charge on any atom is 0.374 e. The van der Waals surface area contributed by atoms with Crippen LogP contribution in [0.2, 0.25) is 0 Å². The number of carbonyl (C=O) groups is 4. The van der Waals surface area contributed by atoms with Gasteiger partial charge in [0.25, 0.3) is 11.8 Å². The number of hydrogen-bond acceptors (Lipinski definition) is 18. The summed E-state index contributed by atoms with van der Waals surface area (Å²) in [4.78, 5) is 65.1. The van der Waals surface area contributed by atoms with Crippen molar-refractivity contribution in [2.24, 2.45) is 10.1 Å². The van der Waals surface area contributed by atoms with Crippen molar-refractivity contribution in [2.45, 2.75) is 24.9 Å². The molecule has 6 rings (SSSR count). The summed E-state index contributed by atoms with van der Waals surface area (Å²) < 4.78 is 33.1. The number of oxime groups is 1. The molecule has 9 N–H and O–H groups in total. The van der Waals surface area contributed by atoms with Gasteiger partial charge in [0.15, 0.2) is 28.2 Å². The number of hydrogen-bond donors (Lipinski definition) is 8. The Hall–Kier alpha value is -5.34. The number of hydrazine groups is 2. The molecule has 1 aromatic carbocycles. The zero-order valence-corrected chi connectivity index (χ0v) is 29.4. The summed E-state index contributed by atoms with van der Waals surface area (Å²) in [6.07, 6.45) is 2.68. The molecule has 21 nitrogen and oxygen atoms in total. The number of aromatic nitrogens is 1. The molecule has 0 bridgehead atoms. The number of thioether (sulfide) groups is 2. The lowest BCUT2D eigenvalue weighted by Gasteiger charge is -2.49. The molecule has 25 heteroatoms. The van der Waals surface area contributed by atoms with Crippen molar-refractivity contribution in [3.8, 4) is 11.5 Å². The Morgan fingerprint density at radius 2 is 1.96 bits per heavy atom. The number of anilines is 1. The molecule has 0 saturated carbocycles. The maximum atomic E-state index is 13.5. The van der Waals surface area contributed by atoms with Crippen molar-refractivity contribution >= 4 is 85.5 Å². The van der Waals surface area contributed by atoms with Crippen molar-refractivity contribution < 1.29 is 57.4 Å². The number of rotatable bonds is 12. The normalized spacial score (nSPS) is 20.0. The maximum absolute atomic E-state index is 13.5. The van der Waals surface area contributed by atoms with Gasteiger partial charge >= 0.3 is 22.2 Å². The number of benzene rings is 1. The average molecular weight is 796 g/mol. The number of aromatic hydroxyl groups is 2. The summed E-state index contributed by atoms with van der Waals surface area (Å²) in [6, 6.07) is 1.03. The van der Waals surface area contributed by atoms with Crippen LogP contribution in [0.15, 0.2) is 62.1 Å². The summed E-state index contributed by atoms with van der Waals surface area (Å²) in [5, 5.41) is 48.2. The third-order valence-electron chi connectivity index (χ3n) is 7.50. The second kappa shape index (κ2) is 14.0. The molecule has 0 aliphatic carbocycles. The summed E-state index contributed by atoms with van der Waals surface area (Å²) in [6.45, 7) is 1.14. The highest BCUT2D eigenvalue weighted by Gasteiger charge is 2.54. The number of fused-ring (bicyclic) bond motifs is 2. The van der Waals surface area contributed by atoms with Crippen LogP contribution in [0.5, 0.6) is 11.5 Å². The molecule has 0 radical (unpaired) electrons. The molecular weight excluding hydrogens is 771 g/mol. The van der Waals surface area contributed by atoms with Gasteiger partial charge in [-0.25, -0.2) is 24.6 Å². The van der Waals surface area contributed by atoms with Crippen LogP contribution in [-0.4, -0.2) is 111 Å². The molecular formula is C27H25N9O12S4. The Bertz CT molecular complexity index is 2180. The van der Waals surface area contributed by atoms with Crippen LogP contribution in [0.1, 0.15) is 28.5 Å². The number of nitrogens with zero attached hydrogens (tertiary/aromatic N) is 6. The number of nitrogens with two attached hydrogens (primary N) is 1. The van der Waals surface area contributed by atoms with Gasteiger partial charge in [-0.05, 0) is 24.6 Å². The predicted molar refractivity (Wildman–Crippen MR) is 184 cm³/mol. The third kappa shape index (κ3) is 6.95. The van der Waals surface area contributed by atoms with Crippen LogP contribution >= 0.6 is 34.9 Å². The SMILES string of the molecule is CC1=NC2=CN(S(=O)(=O)O)NN2C(SCC2=C(C(=O)O)N3C(=O)[C@@H](NC(=O)/C(=N\OCc4ccc(C(=O)O)c(O)c4O)c4csc(N)n4)[C@H]3SC2)=C1. The van der Waals surface area contributed by atoms with E-state index in [1.54, 1.807) is 13.0 Å². The lowest BCUT2D eigenvalue weighted by atomic mass is 10.0. The topological polar surface area (TPSA) is 310 Å². The number of β-lactam (4-membered cyclic amide) rings is 1. The van der Waals surface area contributed by atoms with E-state index in [0.29, 0.717) is 20.7 Å². The number of phenols is 2. The fourth-order valence-electron chi connectivity index (χ4n) is 5.11. The van der Waals surface area contributed by atoms with Crippen molar-refractivity contribution in [2.75, 3.05) is 17.2 Å². The Labute approximate surface area is 304 Å². The molecule has 0 spiro atoms. The minimum absolute atomic E-state index is 0.0267. The number of phenolic OH excluding ortho intramolecular Hbond substituents is 1. The van der Waals surface area contributed by atoms with E-state index in [2.05, 4.69) is 26.0 Å². The average Bonchev–Trinajstić information content (AvgIpc) is 3.72. The standard InChI is InChI=1S/C27H25N9O12S4/c1-10-4-16(36-15(29-10)5-34(33-36)52(45,46)47)49-7-12-8-50-24-18(23(40)35(24)19(12)26(43)44)31-22(39)17(14-9-51-27(28)30-14)32-48-6-11-2-3-13(25(41)42)21(38)20(11)37/h2-5,9,18,24,33,37-38H,6-8H2,1H3,(H2,28,30)(H,31,39)(H,41,42)(H,43,44)(H,45,46,47)/b32-17-/t18-,24-/m1/s1. The lowest BCUT2D eigenvalue weighted by Crippen LogP contribution is -2.71. The number of aliphatic imine (C=N–C) groups is 1. The van der Waals surface area contributed by atoms with Gasteiger partial charge in [-0.15, -0.1) is 40.4 Å². The van der Waals surface area contributed by atoms with Crippen molar-refractivity contribution in [3.05, 3.63) is 68.7 Å². The Kier molecular flexibility index (Phi) is 9.81. The van der Waals surface area contributed by atoms with E-state index in [-0.39, 0.29) is 39.4 Å². The molecule has 2 aromatic rings. The first-order chi connectivity index (χ1) is 24.5. The number of thiazole rings is 1. The van der Waals surface area contributed by atoms with E-state index in [0.717, 1.165) is 40.3 Å². The molecule has 1 aromatic heterocycles. The number of carboxylic acids is 2. The summed E-state index contributed by atoms with van der Waals surface area (Å²) >= 11 is 3.30. The predicted octanol–water partition coefficient (Wildman–Crippen LogP) is 0.182. The first-order valence-electron chi connectivity index (χ1n) is 14.4. The van der Waals surface area contributed by atoms with Crippen LogP contribution in [0.25, 0.3) is 0 Å². The summed E-state index contributed by atoms with van der Waals surface area (Å²) in [5.74, 6) is -5.82. The molecule has 2 atom stereocenters. The largest absolute Gasteiger partial charge is 0.504 e. The highest BCUT2D eigenvalue weighted by atomic mass is 32.2. The second-order valence-electron chi connectivity index (χ2n) is 10.9. The smallest absolute Gasteiger partial charge is 0.374 e. The molecule has 52 heavy (non-hydrogen) atoms. The Morgan fingerprint density at radius 1 is 1.21 bits per heavy atom. The molecule has 1 fully saturated rings. The van der Waals surface area contributed by atoms with E-state index >= 15 is 0 Å². The number of nitrogen functional groups attached to an aromatic ring is 1. The van der Waals surface area contributed by atoms with Crippen LogP contribution in [0, 0.1) is 0 Å². The molecule has 1 saturated heterocycles. The van der Waals surface area contributed by atoms with Crippen molar-refractivity contribution in [1.29, 1.82) is 0 Å². The van der Waals surface area contributed by atoms with E-state index in [1.807, 2.05) is 0 Å². The van der Waals surface area contributed by atoms with Crippen molar-refractivity contribution in [1.82, 2.24) is 30.2 Å². The molecule has 4 aliphatic rings. The van der Waals surface area contributed by atoms with Gasteiger partial charge in [0, 0.05) is 28.2 Å². The molecule has 2 amide bonds. The highest BCUT2D eigenvalue weighted by Crippen LogP contribution is 2.42. The van der Waals surface area contributed by atoms with E-state index in [4.69, 9.17) is 15.7 Å². The van der Waals surface area contributed by atoms with Gasteiger partial charge in [-0.1, -0.05) is 11.2 Å². The number of nitrogens with one attached hydrogen (secondary N) is 2. The van der Waals surface area contributed by atoms with Crippen LogP contribution in [0.4, 0.5) is 5.13 Å². The van der Waals surface area contributed by atoms with Gasteiger partial charge in [0.2, 0.25) is 0 Å². The number of carbonyl (C=O) groups excluding carboxylic acids is 2. The summed E-state index contributed by atoms with van der Waals surface area (Å²) in [7, 11) is -4.65. The van der Waals surface area contributed by atoms with E-state index in [1.165, 1.54) is 28.2 Å². The lowest BCUT2D eigenvalue weighted by molar-refractivity contribution is -0.150. The Balaban J connectivity index is 1.16. The highest BCUT2D eigenvalue weighted by molar-refractivity contribution is 8.03. The number of amides is 2. The van der Waals surface area contributed by atoms with Gasteiger partial charge in [-0.2, -0.15) is 12.8 Å². The minimum Gasteiger partial charge on any atom is -0.504 e. The molecule has 5 heterocycles. The van der Waals surface area contributed by atoms with Crippen LogP contribution in [-0.2, 0) is 36.1 Å². The second-order valence-corrected chi connectivity index (χ2v) is 15.2. The van der Waals surface area contributed by atoms with E-state index < -0.39 is 74.9 Å². The third-order valence-corrected chi connectivity index (χ3v) is 11.3. The quantitative estimate of drug-likeness (QED) is 0.0467.